The summed E-state index contributed by atoms with van der Waals surface area (Å²) in [6, 6.07) is 6.96. The van der Waals surface area contributed by atoms with E-state index in [-0.39, 0.29) is 18.0 Å². The van der Waals surface area contributed by atoms with Crippen molar-refractivity contribution >= 4 is 5.69 Å². The largest absolute Gasteiger partial charge is 0.391 e. The molecule has 24 heavy (non-hydrogen) atoms. The molecule has 1 aliphatic heterocycles. The van der Waals surface area contributed by atoms with Gasteiger partial charge < -0.3 is 15.1 Å². The molecular weight excluding hydrogens is 307 g/mol. The Kier molecular flexibility index (Phi) is 5.42. The van der Waals surface area contributed by atoms with Crippen molar-refractivity contribution in [2.24, 2.45) is 0 Å². The van der Waals surface area contributed by atoms with E-state index < -0.39 is 5.60 Å². The van der Waals surface area contributed by atoms with Gasteiger partial charge in [0.1, 0.15) is 5.82 Å². The Labute approximate surface area is 143 Å². The molecule has 1 heterocycles. The number of benzene rings is 1. The van der Waals surface area contributed by atoms with E-state index in [9.17, 15) is 14.6 Å². The van der Waals surface area contributed by atoms with Crippen LogP contribution in [0.3, 0.4) is 0 Å². The van der Waals surface area contributed by atoms with Gasteiger partial charge in [0.25, 0.3) is 0 Å². The van der Waals surface area contributed by atoms with Gasteiger partial charge in [0.15, 0.2) is 0 Å². The van der Waals surface area contributed by atoms with Gasteiger partial charge in [-0.25, -0.2) is 4.39 Å². The summed E-state index contributed by atoms with van der Waals surface area (Å²) < 4.78 is 13.9. The molecular formula is C19H29FN2O2. The second kappa shape index (κ2) is 7.38. The normalized spacial score (nSPS) is 27.5. The average Bonchev–Trinajstić information content (AvgIpc) is 2.56. The Balaban J connectivity index is 1.57. The molecule has 5 heteroatoms. The lowest BCUT2D eigenvalue weighted by Crippen LogP contribution is -2.54. The van der Waals surface area contributed by atoms with Crippen molar-refractivity contribution in [2.45, 2.75) is 56.3 Å². The van der Waals surface area contributed by atoms with Gasteiger partial charge in [0, 0.05) is 25.7 Å². The van der Waals surface area contributed by atoms with Crippen LogP contribution in [0.2, 0.25) is 0 Å². The summed E-state index contributed by atoms with van der Waals surface area (Å²) in [6.45, 7) is 1.87. The monoisotopic (exact) mass is 336 g/mol. The van der Waals surface area contributed by atoms with Gasteiger partial charge in [0.05, 0.1) is 17.4 Å². The van der Waals surface area contributed by atoms with Gasteiger partial charge in [-0.3, -0.25) is 4.90 Å². The molecule has 0 unspecified atom stereocenters. The maximum absolute atomic E-state index is 13.9. The molecule has 0 amide bonds. The van der Waals surface area contributed by atoms with E-state index in [1.54, 1.807) is 12.1 Å². The van der Waals surface area contributed by atoms with Crippen LogP contribution in [0.15, 0.2) is 24.3 Å². The van der Waals surface area contributed by atoms with Crippen molar-refractivity contribution in [1.29, 1.82) is 0 Å². The van der Waals surface area contributed by atoms with Crippen LogP contribution in [0.5, 0.6) is 0 Å². The van der Waals surface area contributed by atoms with Crippen molar-refractivity contribution in [3.63, 3.8) is 0 Å². The van der Waals surface area contributed by atoms with E-state index >= 15 is 0 Å². The average molecular weight is 336 g/mol. The van der Waals surface area contributed by atoms with Crippen molar-refractivity contribution in [1.82, 2.24) is 4.90 Å². The number of hydrogen-bond acceptors (Lipinski definition) is 4. The molecule has 0 radical (unpaired) electrons. The Morgan fingerprint density at radius 1 is 1.21 bits per heavy atom. The number of piperidine rings is 1. The Hall–Kier alpha value is -1.17. The highest BCUT2D eigenvalue weighted by Gasteiger charge is 2.37. The molecule has 1 aromatic carbocycles. The molecule has 0 bridgehead atoms. The lowest BCUT2D eigenvalue weighted by Gasteiger charge is -2.44. The standard InChI is InChI=1S/C19H29FN2O2/c1-21(17-8-4-5-9-18(17)23)14-19(24)10-12-22(13-11-19)16-7-3-2-6-15(16)20/h2-3,6-7,17-18,23-24H,4-5,8-14H2,1H3/t17-,18+/m0/s1. The fourth-order valence-corrected chi connectivity index (χ4v) is 4.22. The van der Waals surface area contributed by atoms with Crippen LogP contribution >= 0.6 is 0 Å². The third-order valence-corrected chi connectivity index (χ3v) is 5.69. The minimum atomic E-state index is -0.756. The Morgan fingerprint density at radius 2 is 1.88 bits per heavy atom. The number of aliphatic hydroxyl groups is 2. The molecule has 4 nitrogen and oxygen atoms in total. The summed E-state index contributed by atoms with van der Waals surface area (Å²) in [5.74, 6) is -0.203. The molecule has 1 aliphatic carbocycles. The number of rotatable bonds is 4. The highest BCUT2D eigenvalue weighted by Crippen LogP contribution is 2.30. The number of likely N-dealkylation sites (N-methyl/N-ethyl adjacent to an activating group) is 1. The molecule has 0 spiro atoms. The summed E-state index contributed by atoms with van der Waals surface area (Å²) in [6.07, 6.45) is 5.04. The zero-order valence-corrected chi connectivity index (χ0v) is 14.5. The smallest absolute Gasteiger partial charge is 0.146 e. The van der Waals surface area contributed by atoms with Gasteiger partial charge in [0.2, 0.25) is 0 Å². The van der Waals surface area contributed by atoms with E-state index in [0.29, 0.717) is 38.2 Å². The Morgan fingerprint density at radius 3 is 2.54 bits per heavy atom. The zero-order valence-electron chi connectivity index (χ0n) is 14.5. The van der Waals surface area contributed by atoms with Gasteiger partial charge >= 0.3 is 0 Å². The number of hydrogen-bond donors (Lipinski definition) is 2. The molecule has 134 valence electrons. The van der Waals surface area contributed by atoms with Gasteiger partial charge in [-0.1, -0.05) is 25.0 Å². The third-order valence-electron chi connectivity index (χ3n) is 5.69. The second-order valence-electron chi connectivity index (χ2n) is 7.50. The first kappa shape index (κ1) is 17.6. The first-order chi connectivity index (χ1) is 11.5. The van der Waals surface area contributed by atoms with Crippen LogP contribution in [0.4, 0.5) is 10.1 Å². The maximum atomic E-state index is 13.9. The molecule has 1 saturated heterocycles. The van der Waals surface area contributed by atoms with Crippen LogP contribution in [-0.2, 0) is 0 Å². The summed E-state index contributed by atoms with van der Waals surface area (Å²) in [5, 5.41) is 21.1. The van der Waals surface area contributed by atoms with Crippen LogP contribution in [0, 0.1) is 5.82 Å². The van der Waals surface area contributed by atoms with Gasteiger partial charge in [-0.2, -0.15) is 0 Å². The molecule has 2 atom stereocenters. The first-order valence-corrected chi connectivity index (χ1v) is 9.09. The van der Waals surface area contributed by atoms with Crippen LogP contribution in [0.1, 0.15) is 38.5 Å². The van der Waals surface area contributed by atoms with Crippen molar-refractivity contribution in [2.75, 3.05) is 31.6 Å². The molecule has 2 fully saturated rings. The summed E-state index contributed by atoms with van der Waals surface area (Å²) in [5.41, 5.74) is -0.135. The number of para-hydroxylation sites is 1. The topological polar surface area (TPSA) is 46.9 Å². The molecule has 1 saturated carbocycles. The molecule has 1 aromatic rings. The van der Waals surface area contributed by atoms with Crippen molar-refractivity contribution < 1.29 is 14.6 Å². The van der Waals surface area contributed by atoms with Crippen LogP contribution < -0.4 is 4.90 Å². The highest BCUT2D eigenvalue weighted by molar-refractivity contribution is 5.48. The number of nitrogens with zero attached hydrogens (tertiary/aromatic N) is 2. The van der Waals surface area contributed by atoms with E-state index in [4.69, 9.17) is 0 Å². The van der Waals surface area contributed by atoms with E-state index in [0.717, 1.165) is 25.7 Å². The third kappa shape index (κ3) is 3.90. The zero-order chi connectivity index (χ0) is 17.2. The van der Waals surface area contributed by atoms with Crippen molar-refractivity contribution in [3.05, 3.63) is 30.1 Å². The Bertz CT molecular complexity index is 546. The summed E-state index contributed by atoms with van der Waals surface area (Å²) in [4.78, 5) is 4.14. The van der Waals surface area contributed by atoms with E-state index in [1.165, 1.54) is 6.07 Å². The maximum Gasteiger partial charge on any atom is 0.146 e. The molecule has 2 N–H and O–H groups in total. The van der Waals surface area contributed by atoms with E-state index in [1.807, 2.05) is 18.0 Å². The van der Waals surface area contributed by atoms with E-state index in [2.05, 4.69) is 4.90 Å². The van der Waals surface area contributed by atoms with Crippen molar-refractivity contribution in [3.8, 4) is 0 Å². The first-order valence-electron chi connectivity index (χ1n) is 9.09. The second-order valence-corrected chi connectivity index (χ2v) is 7.50. The quantitative estimate of drug-likeness (QED) is 0.886. The molecule has 3 rings (SSSR count). The molecule has 2 aliphatic rings. The predicted molar refractivity (Wildman–Crippen MR) is 93.7 cm³/mol. The summed E-state index contributed by atoms with van der Waals surface area (Å²) >= 11 is 0. The number of anilines is 1. The number of aliphatic hydroxyl groups excluding tert-OH is 1. The lowest BCUT2D eigenvalue weighted by molar-refractivity contribution is -0.0449. The fraction of sp³-hybridized carbons (Fsp3) is 0.684. The molecule has 0 aromatic heterocycles. The van der Waals surface area contributed by atoms with Gasteiger partial charge in [-0.15, -0.1) is 0 Å². The minimum Gasteiger partial charge on any atom is -0.391 e. The highest BCUT2D eigenvalue weighted by atomic mass is 19.1. The minimum absolute atomic E-state index is 0.146. The van der Waals surface area contributed by atoms with Crippen LogP contribution in [-0.4, -0.2) is 59.5 Å². The summed E-state index contributed by atoms with van der Waals surface area (Å²) in [7, 11) is 2.00. The van der Waals surface area contributed by atoms with Gasteiger partial charge in [-0.05, 0) is 44.9 Å². The SMILES string of the molecule is CN(CC1(O)CCN(c2ccccc2F)CC1)[C@H]1CCCC[C@H]1O. The van der Waals surface area contributed by atoms with Crippen LogP contribution in [0.25, 0.3) is 0 Å². The lowest BCUT2D eigenvalue weighted by atomic mass is 9.87. The number of halogens is 1. The predicted octanol–water partition coefficient (Wildman–Crippen LogP) is 2.39. The fourth-order valence-electron chi connectivity index (χ4n) is 4.22.